The predicted octanol–water partition coefficient (Wildman–Crippen LogP) is 3.66. The average molecular weight is 536 g/mol. The maximum atomic E-state index is 13.8. The number of nitrogens with zero attached hydrogens (tertiary/aromatic N) is 2. The van der Waals surface area contributed by atoms with Crippen molar-refractivity contribution in [3.05, 3.63) is 64.5 Å². The summed E-state index contributed by atoms with van der Waals surface area (Å²) in [6.07, 6.45) is 5.36. The summed E-state index contributed by atoms with van der Waals surface area (Å²) in [5.41, 5.74) is 3.20. The SMILES string of the molecule is O=C1CCC(N2Cc3c(OCCCCCN4CCC5(CC4)OCc4ccc(F)cc45)cccc3C2=O)C(=O)N1. The Labute approximate surface area is 227 Å². The smallest absolute Gasteiger partial charge is 0.255 e. The number of likely N-dealkylation sites (tertiary alicyclic amines) is 1. The fourth-order valence-corrected chi connectivity index (χ4v) is 6.43. The number of amides is 3. The highest BCUT2D eigenvalue weighted by Gasteiger charge is 2.43. The minimum atomic E-state index is -0.628. The molecule has 0 radical (unpaired) electrons. The number of nitrogens with one attached hydrogen (secondary N) is 1. The number of unbranched alkanes of at least 4 members (excludes halogenated alkanes) is 2. The number of rotatable bonds is 8. The molecule has 4 heterocycles. The second kappa shape index (κ2) is 10.7. The lowest BCUT2D eigenvalue weighted by molar-refractivity contribution is -0.136. The van der Waals surface area contributed by atoms with Gasteiger partial charge in [-0.25, -0.2) is 4.39 Å². The first-order valence-electron chi connectivity index (χ1n) is 14.0. The van der Waals surface area contributed by atoms with Crippen molar-refractivity contribution in [3.63, 3.8) is 0 Å². The van der Waals surface area contributed by atoms with E-state index in [0.717, 1.165) is 68.4 Å². The number of carbonyl (C=O) groups excluding carboxylic acids is 3. The molecule has 2 aromatic carbocycles. The molecule has 4 aliphatic heterocycles. The van der Waals surface area contributed by atoms with Crippen LogP contribution in [0.1, 0.15) is 72.0 Å². The van der Waals surface area contributed by atoms with Crippen LogP contribution in [0.15, 0.2) is 36.4 Å². The number of hydrogen-bond acceptors (Lipinski definition) is 6. The molecule has 8 nitrogen and oxygen atoms in total. The first-order chi connectivity index (χ1) is 18.9. The van der Waals surface area contributed by atoms with Gasteiger partial charge in [0.1, 0.15) is 17.6 Å². The standard InChI is InChI=1S/C30H34FN3O5/c31-21-8-7-20-19-39-30(24(20)17-21)11-14-33(15-12-30)13-2-1-3-16-38-26-6-4-5-22-23(26)18-34(29(22)37)25-9-10-27(35)32-28(25)36/h4-8,17,25H,1-3,9-16,18-19H2,(H,32,35,36). The van der Waals surface area contributed by atoms with Crippen LogP contribution in [0.5, 0.6) is 5.75 Å². The summed E-state index contributed by atoms with van der Waals surface area (Å²) < 4.78 is 26.1. The molecule has 1 atom stereocenters. The van der Waals surface area contributed by atoms with Crippen molar-refractivity contribution in [1.29, 1.82) is 0 Å². The molecule has 0 aromatic heterocycles. The van der Waals surface area contributed by atoms with Crippen LogP contribution in [0.25, 0.3) is 0 Å². The van der Waals surface area contributed by atoms with E-state index in [4.69, 9.17) is 9.47 Å². The molecule has 39 heavy (non-hydrogen) atoms. The van der Waals surface area contributed by atoms with Gasteiger partial charge in [0.15, 0.2) is 0 Å². The molecule has 206 valence electrons. The van der Waals surface area contributed by atoms with E-state index < -0.39 is 11.9 Å². The van der Waals surface area contributed by atoms with Crippen LogP contribution < -0.4 is 10.1 Å². The van der Waals surface area contributed by atoms with Crippen LogP contribution in [0, 0.1) is 5.82 Å². The van der Waals surface area contributed by atoms with E-state index in [1.54, 1.807) is 17.0 Å². The van der Waals surface area contributed by atoms with E-state index in [9.17, 15) is 18.8 Å². The molecule has 0 aliphatic carbocycles. The van der Waals surface area contributed by atoms with Gasteiger partial charge in [-0.1, -0.05) is 12.1 Å². The van der Waals surface area contributed by atoms with Gasteiger partial charge in [0.2, 0.25) is 11.8 Å². The van der Waals surface area contributed by atoms with Crippen molar-refractivity contribution >= 4 is 17.7 Å². The van der Waals surface area contributed by atoms with Crippen LogP contribution >= 0.6 is 0 Å². The zero-order chi connectivity index (χ0) is 27.0. The summed E-state index contributed by atoms with van der Waals surface area (Å²) in [5, 5.41) is 2.34. The quantitative estimate of drug-likeness (QED) is 0.410. The number of hydrogen-bond donors (Lipinski definition) is 1. The lowest BCUT2D eigenvalue weighted by Crippen LogP contribution is -2.52. The Kier molecular flexibility index (Phi) is 7.12. The maximum Gasteiger partial charge on any atom is 0.255 e. The molecule has 0 bridgehead atoms. The Hall–Kier alpha value is -3.30. The first-order valence-corrected chi connectivity index (χ1v) is 14.0. The van der Waals surface area contributed by atoms with Crippen LogP contribution in [0.3, 0.4) is 0 Å². The number of benzene rings is 2. The molecule has 2 saturated heterocycles. The highest BCUT2D eigenvalue weighted by molar-refractivity contribution is 6.05. The largest absolute Gasteiger partial charge is 0.493 e. The predicted molar refractivity (Wildman–Crippen MR) is 140 cm³/mol. The molecule has 9 heteroatoms. The number of imide groups is 1. The van der Waals surface area contributed by atoms with Crippen molar-refractivity contribution in [3.8, 4) is 5.75 Å². The fraction of sp³-hybridized carbons (Fsp3) is 0.500. The van der Waals surface area contributed by atoms with Crippen LogP contribution in [0.4, 0.5) is 4.39 Å². The minimum Gasteiger partial charge on any atom is -0.493 e. The molecule has 1 spiro atoms. The number of carbonyl (C=O) groups is 3. The average Bonchev–Trinajstić information content (AvgIpc) is 3.45. The van der Waals surface area contributed by atoms with Crippen molar-refractivity contribution in [2.45, 2.75) is 69.7 Å². The summed E-state index contributed by atoms with van der Waals surface area (Å²) in [5.74, 6) is -0.399. The van der Waals surface area contributed by atoms with Gasteiger partial charge in [0.25, 0.3) is 5.91 Å². The molecule has 2 aromatic rings. The molecular weight excluding hydrogens is 501 g/mol. The summed E-state index contributed by atoms with van der Waals surface area (Å²) in [6.45, 7) is 4.35. The first kappa shape index (κ1) is 26.0. The lowest BCUT2D eigenvalue weighted by atomic mass is 9.83. The highest BCUT2D eigenvalue weighted by Crippen LogP contribution is 2.44. The minimum absolute atomic E-state index is 0.190. The highest BCUT2D eigenvalue weighted by atomic mass is 19.1. The van der Waals surface area contributed by atoms with Crippen molar-refractivity contribution in [2.24, 2.45) is 0 Å². The summed E-state index contributed by atoms with van der Waals surface area (Å²) in [4.78, 5) is 40.8. The molecule has 6 rings (SSSR count). The molecule has 3 amide bonds. The zero-order valence-corrected chi connectivity index (χ0v) is 22.0. The molecule has 1 N–H and O–H groups in total. The summed E-state index contributed by atoms with van der Waals surface area (Å²) in [7, 11) is 0. The Morgan fingerprint density at radius 3 is 2.74 bits per heavy atom. The normalized spacial score (nSPS) is 22.2. The van der Waals surface area contributed by atoms with Crippen molar-refractivity contribution in [2.75, 3.05) is 26.2 Å². The topological polar surface area (TPSA) is 88.2 Å². The Bertz CT molecular complexity index is 1290. The molecule has 2 fully saturated rings. The van der Waals surface area contributed by atoms with Crippen molar-refractivity contribution in [1.82, 2.24) is 15.1 Å². The number of ether oxygens (including phenoxy) is 2. The third kappa shape index (κ3) is 5.05. The Morgan fingerprint density at radius 2 is 1.92 bits per heavy atom. The lowest BCUT2D eigenvalue weighted by Gasteiger charge is -2.39. The maximum absolute atomic E-state index is 13.8. The third-order valence-electron chi connectivity index (χ3n) is 8.65. The second-order valence-electron chi connectivity index (χ2n) is 11.0. The van der Waals surface area contributed by atoms with E-state index in [2.05, 4.69) is 10.2 Å². The summed E-state index contributed by atoms with van der Waals surface area (Å²) in [6, 6.07) is 9.84. The van der Waals surface area contributed by atoms with Crippen LogP contribution in [-0.2, 0) is 33.1 Å². The monoisotopic (exact) mass is 535 g/mol. The van der Waals surface area contributed by atoms with Gasteiger partial charge in [-0.05, 0) is 80.5 Å². The summed E-state index contributed by atoms with van der Waals surface area (Å²) >= 11 is 0. The van der Waals surface area contributed by atoms with E-state index in [1.807, 2.05) is 18.2 Å². The van der Waals surface area contributed by atoms with Gasteiger partial charge in [-0.3, -0.25) is 19.7 Å². The van der Waals surface area contributed by atoms with Crippen LogP contribution in [-0.4, -0.2) is 59.8 Å². The van der Waals surface area contributed by atoms with E-state index in [-0.39, 0.29) is 29.7 Å². The Balaban J connectivity index is 0.940. The van der Waals surface area contributed by atoms with E-state index in [1.165, 1.54) is 6.07 Å². The van der Waals surface area contributed by atoms with Gasteiger partial charge in [-0.15, -0.1) is 0 Å². The molecule has 4 aliphatic rings. The number of fused-ring (bicyclic) bond motifs is 3. The molecule has 1 unspecified atom stereocenters. The second-order valence-corrected chi connectivity index (χ2v) is 11.0. The third-order valence-corrected chi connectivity index (χ3v) is 8.65. The van der Waals surface area contributed by atoms with Gasteiger partial charge in [-0.2, -0.15) is 0 Å². The van der Waals surface area contributed by atoms with E-state index >= 15 is 0 Å². The van der Waals surface area contributed by atoms with Gasteiger partial charge in [0, 0.05) is 30.6 Å². The fourth-order valence-electron chi connectivity index (χ4n) is 6.43. The number of halogens is 1. The molecule has 0 saturated carbocycles. The molecular formula is C30H34FN3O5. The van der Waals surface area contributed by atoms with Crippen LogP contribution in [0.2, 0.25) is 0 Å². The Morgan fingerprint density at radius 1 is 1.08 bits per heavy atom. The van der Waals surface area contributed by atoms with Gasteiger partial charge in [0.05, 0.1) is 25.4 Å². The zero-order valence-electron chi connectivity index (χ0n) is 22.0. The van der Waals surface area contributed by atoms with Gasteiger partial charge >= 0.3 is 0 Å². The van der Waals surface area contributed by atoms with Crippen molar-refractivity contribution < 1.29 is 28.2 Å². The van der Waals surface area contributed by atoms with E-state index in [0.29, 0.717) is 37.5 Å². The van der Waals surface area contributed by atoms with Gasteiger partial charge < -0.3 is 19.3 Å². The number of piperidine rings is 2.